The first-order chi connectivity index (χ1) is 12.0. The number of hydrogen-bond acceptors (Lipinski definition) is 3. The Morgan fingerprint density at radius 3 is 2.72 bits per heavy atom. The number of carbonyl (C=O) groups is 1. The Balaban J connectivity index is 1.60. The second-order valence-corrected chi connectivity index (χ2v) is 5.79. The second kappa shape index (κ2) is 7.36. The third-order valence-electron chi connectivity index (χ3n) is 3.47. The van der Waals surface area contributed by atoms with Gasteiger partial charge in [0.2, 0.25) is 0 Å². The fourth-order valence-electron chi connectivity index (χ4n) is 2.13. The maximum atomic E-state index is 12.9. The highest BCUT2D eigenvalue weighted by molar-refractivity contribution is 6.31. The summed E-state index contributed by atoms with van der Waals surface area (Å²) in [5.74, 6) is -0.0840. The van der Waals surface area contributed by atoms with Crippen molar-refractivity contribution in [1.29, 1.82) is 0 Å². The van der Waals surface area contributed by atoms with E-state index in [0.717, 1.165) is 5.56 Å². The first-order valence-corrected chi connectivity index (χ1v) is 7.88. The van der Waals surface area contributed by atoms with E-state index >= 15 is 0 Å². The molecular weight excluding hydrogens is 345 g/mol. The van der Waals surface area contributed by atoms with Crippen molar-refractivity contribution >= 4 is 23.2 Å². The third-order valence-corrected chi connectivity index (χ3v) is 3.89. The van der Waals surface area contributed by atoms with Gasteiger partial charge in [-0.25, -0.2) is 9.07 Å². The summed E-state index contributed by atoms with van der Waals surface area (Å²) in [6, 6.07) is 12.4. The Hall–Kier alpha value is -2.86. The van der Waals surface area contributed by atoms with E-state index in [-0.39, 0.29) is 24.1 Å². The van der Waals surface area contributed by atoms with Gasteiger partial charge in [-0.1, -0.05) is 11.6 Å². The molecule has 1 amide bonds. The number of amides is 1. The van der Waals surface area contributed by atoms with Crippen molar-refractivity contribution in [3.8, 4) is 5.75 Å². The molecule has 0 spiro atoms. The fraction of sp³-hybridized carbons (Fsp3) is 0.111. The molecule has 3 aromatic rings. The number of hydrogen-bond donors (Lipinski definition) is 1. The van der Waals surface area contributed by atoms with Crippen molar-refractivity contribution < 1.29 is 13.9 Å². The molecule has 3 rings (SSSR count). The van der Waals surface area contributed by atoms with Gasteiger partial charge in [0.05, 0.1) is 0 Å². The van der Waals surface area contributed by atoms with E-state index in [0.29, 0.717) is 16.5 Å². The predicted octanol–water partition coefficient (Wildman–Crippen LogP) is 4.27. The number of aryl methyl sites for hydroxylation is 1. The largest absolute Gasteiger partial charge is 0.471 e. The van der Waals surface area contributed by atoms with Crippen molar-refractivity contribution in [3.63, 3.8) is 0 Å². The molecule has 128 valence electrons. The van der Waals surface area contributed by atoms with Gasteiger partial charge in [-0.05, 0) is 61.0 Å². The molecule has 1 aromatic heterocycles. The lowest BCUT2D eigenvalue weighted by Gasteiger charge is -2.07. The monoisotopic (exact) mass is 359 g/mol. The molecule has 0 saturated heterocycles. The van der Waals surface area contributed by atoms with Gasteiger partial charge < -0.3 is 10.1 Å². The summed E-state index contributed by atoms with van der Waals surface area (Å²) in [4.78, 5) is 12.1. The molecule has 25 heavy (non-hydrogen) atoms. The van der Waals surface area contributed by atoms with Crippen LogP contribution in [0.2, 0.25) is 5.02 Å². The molecule has 0 aliphatic rings. The Bertz CT molecular complexity index is 894. The number of nitrogens with zero attached hydrogens (tertiary/aromatic N) is 2. The number of rotatable bonds is 5. The van der Waals surface area contributed by atoms with E-state index in [1.807, 2.05) is 13.0 Å². The van der Waals surface area contributed by atoms with E-state index in [2.05, 4.69) is 10.4 Å². The summed E-state index contributed by atoms with van der Waals surface area (Å²) in [5.41, 5.74) is 1.65. The molecule has 1 heterocycles. The maximum absolute atomic E-state index is 12.9. The number of carbonyl (C=O) groups excluding carboxylic acids is 1. The molecule has 0 radical (unpaired) electrons. The minimum absolute atomic E-state index is 0.158. The zero-order chi connectivity index (χ0) is 17.8. The lowest BCUT2D eigenvalue weighted by Crippen LogP contribution is -2.14. The van der Waals surface area contributed by atoms with Crippen LogP contribution in [-0.2, 0) is 6.73 Å². The summed E-state index contributed by atoms with van der Waals surface area (Å²) in [6.45, 7) is 2.05. The standard InChI is InChI=1S/C18H15ClFN3O2/c1-12-10-15(6-7-16(12)19)25-11-23-9-8-17(22-23)18(24)21-14-4-2-13(20)3-5-14/h2-10H,11H2,1H3,(H,21,24). The topological polar surface area (TPSA) is 56.1 Å². The summed E-state index contributed by atoms with van der Waals surface area (Å²) >= 11 is 5.97. The summed E-state index contributed by atoms with van der Waals surface area (Å²) in [7, 11) is 0. The summed E-state index contributed by atoms with van der Waals surface area (Å²) < 4.78 is 20.0. The highest BCUT2D eigenvalue weighted by Gasteiger charge is 2.10. The number of benzene rings is 2. The van der Waals surface area contributed by atoms with Crippen molar-refractivity contribution in [3.05, 3.63) is 76.8 Å². The molecule has 0 aliphatic heterocycles. The normalized spacial score (nSPS) is 10.5. The zero-order valence-electron chi connectivity index (χ0n) is 13.4. The number of aromatic nitrogens is 2. The molecule has 0 aliphatic carbocycles. The van der Waals surface area contributed by atoms with Crippen molar-refractivity contribution in [2.45, 2.75) is 13.7 Å². The molecule has 0 atom stereocenters. The van der Waals surface area contributed by atoms with Gasteiger partial charge >= 0.3 is 0 Å². The first-order valence-electron chi connectivity index (χ1n) is 7.50. The Morgan fingerprint density at radius 2 is 2.00 bits per heavy atom. The van der Waals surface area contributed by atoms with Crippen molar-refractivity contribution in [1.82, 2.24) is 9.78 Å². The van der Waals surface area contributed by atoms with Gasteiger partial charge in [-0.3, -0.25) is 4.79 Å². The molecule has 1 N–H and O–H groups in total. The quantitative estimate of drug-likeness (QED) is 0.740. The Labute approximate surface area is 149 Å². The number of nitrogens with one attached hydrogen (secondary N) is 1. The highest BCUT2D eigenvalue weighted by atomic mass is 35.5. The average Bonchev–Trinajstić information content (AvgIpc) is 3.07. The number of anilines is 1. The van der Waals surface area contributed by atoms with Crippen LogP contribution in [0.1, 0.15) is 16.1 Å². The smallest absolute Gasteiger partial charge is 0.276 e. The number of halogens is 2. The van der Waals surface area contributed by atoms with E-state index in [1.54, 1.807) is 24.4 Å². The molecule has 2 aromatic carbocycles. The van der Waals surface area contributed by atoms with E-state index in [9.17, 15) is 9.18 Å². The Kier molecular flexibility index (Phi) is 5.00. The van der Waals surface area contributed by atoms with E-state index in [1.165, 1.54) is 28.9 Å². The zero-order valence-corrected chi connectivity index (χ0v) is 14.1. The SMILES string of the molecule is Cc1cc(OCn2ccc(C(=O)Nc3ccc(F)cc3)n2)ccc1Cl. The van der Waals surface area contributed by atoms with Gasteiger partial charge in [-0.2, -0.15) is 5.10 Å². The molecule has 0 saturated carbocycles. The first kappa shape index (κ1) is 17.0. The maximum Gasteiger partial charge on any atom is 0.276 e. The van der Waals surface area contributed by atoms with Gasteiger partial charge in [0, 0.05) is 16.9 Å². The molecule has 7 heteroatoms. The van der Waals surface area contributed by atoms with E-state index < -0.39 is 0 Å². The predicted molar refractivity (Wildman–Crippen MR) is 93.4 cm³/mol. The van der Waals surface area contributed by atoms with Gasteiger partial charge in [0.1, 0.15) is 11.6 Å². The molecule has 5 nitrogen and oxygen atoms in total. The third kappa shape index (κ3) is 4.36. The van der Waals surface area contributed by atoms with Crippen LogP contribution in [0.4, 0.5) is 10.1 Å². The molecule has 0 bridgehead atoms. The van der Waals surface area contributed by atoms with Crippen LogP contribution in [0.3, 0.4) is 0 Å². The van der Waals surface area contributed by atoms with Gasteiger partial charge in [-0.15, -0.1) is 0 Å². The molecular formula is C18H15ClFN3O2. The van der Waals surface area contributed by atoms with Crippen molar-refractivity contribution in [2.75, 3.05) is 5.32 Å². The van der Waals surface area contributed by atoms with Crippen LogP contribution < -0.4 is 10.1 Å². The minimum atomic E-state index is -0.382. The van der Waals surface area contributed by atoms with Crippen LogP contribution in [-0.4, -0.2) is 15.7 Å². The Morgan fingerprint density at radius 1 is 1.24 bits per heavy atom. The second-order valence-electron chi connectivity index (χ2n) is 5.39. The van der Waals surface area contributed by atoms with Crippen LogP contribution in [0.25, 0.3) is 0 Å². The number of ether oxygens (including phenoxy) is 1. The lowest BCUT2D eigenvalue weighted by atomic mass is 10.2. The van der Waals surface area contributed by atoms with Crippen molar-refractivity contribution in [2.24, 2.45) is 0 Å². The minimum Gasteiger partial charge on any atom is -0.471 e. The van der Waals surface area contributed by atoms with Crippen LogP contribution in [0.15, 0.2) is 54.7 Å². The van der Waals surface area contributed by atoms with Gasteiger partial charge in [0.25, 0.3) is 5.91 Å². The van der Waals surface area contributed by atoms with Crippen LogP contribution >= 0.6 is 11.6 Å². The summed E-state index contributed by atoms with van der Waals surface area (Å²) in [5, 5.41) is 7.48. The average molecular weight is 360 g/mol. The van der Waals surface area contributed by atoms with Crippen LogP contribution in [0.5, 0.6) is 5.75 Å². The van der Waals surface area contributed by atoms with Crippen LogP contribution in [0, 0.1) is 12.7 Å². The summed E-state index contributed by atoms with van der Waals surface area (Å²) in [6.07, 6.45) is 1.64. The van der Waals surface area contributed by atoms with E-state index in [4.69, 9.17) is 16.3 Å². The lowest BCUT2D eigenvalue weighted by molar-refractivity contribution is 0.102. The molecule has 0 fully saturated rings. The molecule has 0 unspecified atom stereocenters. The van der Waals surface area contributed by atoms with Gasteiger partial charge in [0.15, 0.2) is 12.4 Å². The highest BCUT2D eigenvalue weighted by Crippen LogP contribution is 2.21. The fourth-order valence-corrected chi connectivity index (χ4v) is 2.25.